The molecule has 0 N–H and O–H groups in total. The van der Waals surface area contributed by atoms with Gasteiger partial charge < -0.3 is 9.47 Å². The van der Waals surface area contributed by atoms with Crippen molar-refractivity contribution in [3.05, 3.63) is 71.8 Å². The number of ether oxygens (including phenoxy) is 2. The van der Waals surface area contributed by atoms with Crippen LogP contribution >= 0.6 is 0 Å². The highest BCUT2D eigenvalue weighted by molar-refractivity contribution is 5.83. The lowest BCUT2D eigenvalue weighted by Gasteiger charge is -2.29. The summed E-state index contributed by atoms with van der Waals surface area (Å²) in [6.45, 7) is 0.472. The van der Waals surface area contributed by atoms with Gasteiger partial charge in [-0.05, 0) is 24.0 Å². The molecule has 5 heteroatoms. The van der Waals surface area contributed by atoms with Gasteiger partial charge >= 0.3 is 12.1 Å². The first-order chi connectivity index (χ1) is 12.2. The molecule has 0 radical (unpaired) electrons. The molecule has 2 fully saturated rings. The van der Waals surface area contributed by atoms with Crippen LogP contribution in [0.15, 0.2) is 60.7 Å². The van der Waals surface area contributed by atoms with Gasteiger partial charge in [-0.25, -0.2) is 9.59 Å². The topological polar surface area (TPSA) is 55.8 Å². The zero-order chi connectivity index (χ0) is 17.2. The van der Waals surface area contributed by atoms with Gasteiger partial charge in [-0.15, -0.1) is 0 Å². The van der Waals surface area contributed by atoms with Crippen molar-refractivity contribution in [1.29, 1.82) is 0 Å². The number of amides is 1. The lowest BCUT2D eigenvalue weighted by molar-refractivity contribution is -0.153. The lowest BCUT2D eigenvalue weighted by atomic mass is 10.00. The van der Waals surface area contributed by atoms with Crippen molar-refractivity contribution >= 4 is 12.1 Å². The summed E-state index contributed by atoms with van der Waals surface area (Å²) in [5.41, 5.74) is 1.81. The molecule has 0 saturated carbocycles. The Hall–Kier alpha value is -2.82. The molecule has 2 aliphatic heterocycles. The summed E-state index contributed by atoms with van der Waals surface area (Å²) in [7, 11) is 0. The van der Waals surface area contributed by atoms with Gasteiger partial charge in [0.05, 0.1) is 6.54 Å². The van der Waals surface area contributed by atoms with Gasteiger partial charge in [-0.3, -0.25) is 4.90 Å². The molecule has 4 rings (SSSR count). The van der Waals surface area contributed by atoms with Gasteiger partial charge in [-0.1, -0.05) is 60.7 Å². The lowest BCUT2D eigenvalue weighted by Crippen LogP contribution is -2.46. The Morgan fingerprint density at radius 2 is 1.60 bits per heavy atom. The SMILES string of the molecule is O=C(OC(c1ccccc1)c1ccccc1)C1CCC2CN1C(=O)O2. The minimum absolute atomic E-state index is 0.0874. The van der Waals surface area contributed by atoms with E-state index in [0.717, 1.165) is 11.1 Å². The average Bonchev–Trinajstić information content (AvgIpc) is 2.95. The quantitative estimate of drug-likeness (QED) is 0.803. The Labute approximate surface area is 146 Å². The van der Waals surface area contributed by atoms with E-state index >= 15 is 0 Å². The highest BCUT2D eigenvalue weighted by Gasteiger charge is 2.45. The van der Waals surface area contributed by atoms with Crippen LogP contribution in [-0.2, 0) is 14.3 Å². The van der Waals surface area contributed by atoms with Gasteiger partial charge in [-0.2, -0.15) is 0 Å². The zero-order valence-electron chi connectivity index (χ0n) is 13.7. The number of benzene rings is 2. The first-order valence-corrected chi connectivity index (χ1v) is 8.50. The van der Waals surface area contributed by atoms with E-state index in [1.165, 1.54) is 4.90 Å². The summed E-state index contributed by atoms with van der Waals surface area (Å²) in [5, 5.41) is 0. The molecule has 2 unspecified atom stereocenters. The van der Waals surface area contributed by atoms with E-state index in [1.807, 2.05) is 60.7 Å². The predicted molar refractivity (Wildman–Crippen MR) is 90.8 cm³/mol. The first-order valence-electron chi connectivity index (χ1n) is 8.50. The molecule has 2 heterocycles. The van der Waals surface area contributed by atoms with Gasteiger partial charge in [0.1, 0.15) is 12.1 Å². The minimum atomic E-state index is -0.568. The molecule has 2 aliphatic rings. The van der Waals surface area contributed by atoms with Crippen LogP contribution in [0.3, 0.4) is 0 Å². The first kappa shape index (κ1) is 15.7. The molecule has 2 bridgehead atoms. The number of rotatable bonds is 4. The monoisotopic (exact) mass is 337 g/mol. The third-order valence-corrected chi connectivity index (χ3v) is 4.75. The average molecular weight is 337 g/mol. The summed E-state index contributed by atoms with van der Waals surface area (Å²) < 4.78 is 11.1. The number of piperidine rings is 1. The molecule has 2 saturated heterocycles. The number of carbonyl (C=O) groups excluding carboxylic acids is 2. The molecule has 0 aliphatic carbocycles. The number of fused-ring (bicyclic) bond motifs is 2. The standard InChI is InChI=1S/C20H19NO4/c22-19(17-12-11-16-13-21(17)20(23)24-16)25-18(14-7-3-1-4-8-14)15-9-5-2-6-10-15/h1-10,16-18H,11-13H2. The number of hydrogen-bond donors (Lipinski definition) is 0. The van der Waals surface area contributed by atoms with Crippen molar-refractivity contribution in [2.24, 2.45) is 0 Å². The van der Waals surface area contributed by atoms with Crippen LogP contribution < -0.4 is 0 Å². The molecule has 5 nitrogen and oxygen atoms in total. The molecule has 0 aromatic heterocycles. The van der Waals surface area contributed by atoms with Crippen molar-refractivity contribution in [1.82, 2.24) is 4.90 Å². The highest BCUT2D eigenvalue weighted by atomic mass is 16.6. The van der Waals surface area contributed by atoms with Crippen LogP contribution in [-0.4, -0.2) is 35.7 Å². The van der Waals surface area contributed by atoms with E-state index < -0.39 is 18.2 Å². The second-order valence-corrected chi connectivity index (χ2v) is 6.39. The predicted octanol–water partition coefficient (Wildman–Crippen LogP) is 3.30. The van der Waals surface area contributed by atoms with Crippen LogP contribution in [0.5, 0.6) is 0 Å². The van der Waals surface area contributed by atoms with E-state index in [-0.39, 0.29) is 12.1 Å². The van der Waals surface area contributed by atoms with E-state index in [0.29, 0.717) is 19.4 Å². The maximum atomic E-state index is 12.8. The van der Waals surface area contributed by atoms with Gasteiger partial charge in [0.15, 0.2) is 6.10 Å². The van der Waals surface area contributed by atoms with Crippen molar-refractivity contribution in [2.45, 2.75) is 31.1 Å². The third kappa shape index (κ3) is 3.09. The Bertz CT molecular complexity index is 722. The molecule has 2 aromatic carbocycles. The third-order valence-electron chi connectivity index (χ3n) is 4.75. The zero-order valence-corrected chi connectivity index (χ0v) is 13.7. The van der Waals surface area contributed by atoms with Gasteiger partial charge in [0.2, 0.25) is 0 Å². The Balaban J connectivity index is 1.58. The number of nitrogens with zero attached hydrogens (tertiary/aromatic N) is 1. The molecular weight excluding hydrogens is 318 g/mol. The summed E-state index contributed by atoms with van der Waals surface area (Å²) in [4.78, 5) is 26.2. The number of hydrogen-bond acceptors (Lipinski definition) is 4. The van der Waals surface area contributed by atoms with Gasteiger partial charge in [0, 0.05) is 0 Å². The fourth-order valence-electron chi connectivity index (χ4n) is 3.47. The Morgan fingerprint density at radius 1 is 1.00 bits per heavy atom. The van der Waals surface area contributed by atoms with Gasteiger partial charge in [0.25, 0.3) is 0 Å². The summed E-state index contributed by atoms with van der Waals surface area (Å²) in [6.07, 6.45) is 0.275. The molecule has 2 atom stereocenters. The fourth-order valence-corrected chi connectivity index (χ4v) is 3.47. The minimum Gasteiger partial charge on any atom is -0.451 e. The Morgan fingerprint density at radius 3 is 2.20 bits per heavy atom. The van der Waals surface area contributed by atoms with Crippen molar-refractivity contribution in [3.63, 3.8) is 0 Å². The molecular formula is C20H19NO4. The van der Waals surface area contributed by atoms with Crippen molar-refractivity contribution < 1.29 is 19.1 Å². The maximum absolute atomic E-state index is 12.8. The molecule has 128 valence electrons. The fraction of sp³-hybridized carbons (Fsp3) is 0.300. The number of esters is 1. The van der Waals surface area contributed by atoms with Crippen LogP contribution in [0.2, 0.25) is 0 Å². The summed E-state index contributed by atoms with van der Waals surface area (Å²) in [5.74, 6) is -0.380. The maximum Gasteiger partial charge on any atom is 0.410 e. The van der Waals surface area contributed by atoms with E-state index in [9.17, 15) is 9.59 Å². The second kappa shape index (κ2) is 6.59. The molecule has 2 aromatic rings. The number of carbonyl (C=O) groups is 2. The van der Waals surface area contributed by atoms with Crippen LogP contribution in [0, 0.1) is 0 Å². The van der Waals surface area contributed by atoms with Crippen LogP contribution in [0.25, 0.3) is 0 Å². The highest BCUT2D eigenvalue weighted by Crippen LogP contribution is 2.31. The Kier molecular flexibility index (Phi) is 4.14. The largest absolute Gasteiger partial charge is 0.451 e. The van der Waals surface area contributed by atoms with E-state index in [4.69, 9.17) is 9.47 Å². The summed E-state index contributed by atoms with van der Waals surface area (Å²) in [6, 6.07) is 18.7. The molecule has 25 heavy (non-hydrogen) atoms. The van der Waals surface area contributed by atoms with E-state index in [1.54, 1.807) is 0 Å². The molecule has 1 amide bonds. The van der Waals surface area contributed by atoms with Crippen molar-refractivity contribution in [2.75, 3.05) is 6.54 Å². The van der Waals surface area contributed by atoms with Crippen LogP contribution in [0.1, 0.15) is 30.1 Å². The van der Waals surface area contributed by atoms with Crippen molar-refractivity contribution in [3.8, 4) is 0 Å². The normalized spacial score (nSPS) is 22.0. The molecule has 0 spiro atoms. The smallest absolute Gasteiger partial charge is 0.410 e. The van der Waals surface area contributed by atoms with Crippen LogP contribution in [0.4, 0.5) is 4.79 Å². The second-order valence-electron chi connectivity index (χ2n) is 6.39. The summed E-state index contributed by atoms with van der Waals surface area (Å²) >= 11 is 0. The van der Waals surface area contributed by atoms with E-state index in [2.05, 4.69) is 0 Å².